The van der Waals surface area contributed by atoms with Gasteiger partial charge in [-0.05, 0) is 27.1 Å². The fourth-order valence-electron chi connectivity index (χ4n) is 2.03. The lowest BCUT2D eigenvalue weighted by molar-refractivity contribution is 0.111. The molecule has 1 aliphatic heterocycles. The molecule has 0 spiro atoms. The summed E-state index contributed by atoms with van der Waals surface area (Å²) in [4.78, 5) is 4.76. The van der Waals surface area contributed by atoms with Gasteiger partial charge in [-0.1, -0.05) is 13.8 Å². The summed E-state index contributed by atoms with van der Waals surface area (Å²) >= 11 is 0. The number of aliphatic hydroxyl groups is 1. The molecule has 0 aromatic rings. The average Bonchev–Trinajstić information content (AvgIpc) is 2.52. The number of rotatable bonds is 4. The number of nitrogens with zero attached hydrogens (tertiary/aromatic N) is 2. The molecule has 0 aromatic carbocycles. The average molecular weight is 200 g/mol. The molecule has 3 heteroatoms. The van der Waals surface area contributed by atoms with Gasteiger partial charge in [-0.25, -0.2) is 0 Å². The van der Waals surface area contributed by atoms with Gasteiger partial charge in [0.15, 0.2) is 0 Å². The van der Waals surface area contributed by atoms with Crippen molar-refractivity contribution in [3.63, 3.8) is 0 Å². The maximum Gasteiger partial charge on any atom is 0.0494 e. The third kappa shape index (κ3) is 3.23. The number of likely N-dealkylation sites (N-methyl/N-ethyl adjacent to an activating group) is 1. The topological polar surface area (TPSA) is 26.7 Å². The van der Waals surface area contributed by atoms with Gasteiger partial charge in [-0.2, -0.15) is 0 Å². The lowest BCUT2D eigenvalue weighted by atomic mass is 9.94. The molecule has 84 valence electrons. The second kappa shape index (κ2) is 4.60. The molecule has 1 N–H and O–H groups in total. The Balaban J connectivity index is 2.36. The molecule has 0 saturated carbocycles. The molecule has 0 bridgehead atoms. The fraction of sp³-hybridized carbons (Fsp3) is 1.00. The van der Waals surface area contributed by atoms with E-state index in [4.69, 9.17) is 0 Å². The summed E-state index contributed by atoms with van der Waals surface area (Å²) in [6, 6.07) is 0.699. The van der Waals surface area contributed by atoms with Gasteiger partial charge in [-0.15, -0.1) is 0 Å². The molecular weight excluding hydrogens is 176 g/mol. The zero-order valence-corrected chi connectivity index (χ0v) is 9.95. The highest BCUT2D eigenvalue weighted by molar-refractivity contribution is 4.84. The smallest absolute Gasteiger partial charge is 0.0494 e. The lowest BCUT2D eigenvalue weighted by Gasteiger charge is -2.28. The van der Waals surface area contributed by atoms with Crippen molar-refractivity contribution in [2.24, 2.45) is 5.41 Å². The molecule has 0 amide bonds. The van der Waals surface area contributed by atoms with Gasteiger partial charge in [0, 0.05) is 31.2 Å². The molecule has 1 atom stereocenters. The van der Waals surface area contributed by atoms with Crippen LogP contribution in [0.5, 0.6) is 0 Å². The molecule has 1 fully saturated rings. The second-order valence-electron chi connectivity index (χ2n) is 5.46. The number of likely N-dealkylation sites (tertiary alicyclic amines) is 1. The van der Waals surface area contributed by atoms with Crippen molar-refractivity contribution in [2.45, 2.75) is 26.3 Å². The zero-order chi connectivity index (χ0) is 10.8. The van der Waals surface area contributed by atoms with E-state index in [-0.39, 0.29) is 12.0 Å². The van der Waals surface area contributed by atoms with E-state index in [2.05, 4.69) is 37.7 Å². The van der Waals surface area contributed by atoms with Gasteiger partial charge < -0.3 is 14.9 Å². The zero-order valence-electron chi connectivity index (χ0n) is 9.95. The van der Waals surface area contributed by atoms with Crippen molar-refractivity contribution in [3.05, 3.63) is 0 Å². The Kier molecular flexibility index (Phi) is 3.93. The first-order valence-electron chi connectivity index (χ1n) is 5.44. The number of aliphatic hydroxyl groups excluding tert-OH is 1. The molecule has 1 saturated heterocycles. The SMILES string of the molecule is CN(C)C1CCN(CC(C)(C)CO)C1. The summed E-state index contributed by atoms with van der Waals surface area (Å²) < 4.78 is 0. The van der Waals surface area contributed by atoms with Crippen molar-refractivity contribution in [3.8, 4) is 0 Å². The van der Waals surface area contributed by atoms with E-state index in [1.807, 2.05) is 0 Å². The van der Waals surface area contributed by atoms with Crippen LogP contribution in [0.3, 0.4) is 0 Å². The predicted octanol–water partition coefficient (Wildman–Crippen LogP) is 0.641. The Morgan fingerprint density at radius 1 is 1.43 bits per heavy atom. The molecule has 0 radical (unpaired) electrons. The molecule has 1 aliphatic rings. The van der Waals surface area contributed by atoms with Gasteiger partial charge in [0.1, 0.15) is 0 Å². The number of hydrogen-bond acceptors (Lipinski definition) is 3. The quantitative estimate of drug-likeness (QED) is 0.721. The van der Waals surface area contributed by atoms with E-state index in [9.17, 15) is 5.11 Å². The van der Waals surface area contributed by atoms with Crippen LogP contribution in [0.15, 0.2) is 0 Å². The Bertz CT molecular complexity index is 180. The molecule has 0 aromatic heterocycles. The number of hydrogen-bond donors (Lipinski definition) is 1. The Hall–Kier alpha value is -0.120. The van der Waals surface area contributed by atoms with Crippen LogP contribution in [0.25, 0.3) is 0 Å². The minimum atomic E-state index is 0.0429. The largest absolute Gasteiger partial charge is 0.396 e. The summed E-state index contributed by atoms with van der Waals surface area (Å²) in [5, 5.41) is 9.19. The van der Waals surface area contributed by atoms with Crippen LogP contribution in [0.4, 0.5) is 0 Å². The molecule has 1 rings (SSSR count). The maximum atomic E-state index is 9.19. The monoisotopic (exact) mass is 200 g/mol. The van der Waals surface area contributed by atoms with Crippen molar-refractivity contribution in [1.82, 2.24) is 9.80 Å². The van der Waals surface area contributed by atoms with E-state index >= 15 is 0 Å². The van der Waals surface area contributed by atoms with Crippen molar-refractivity contribution >= 4 is 0 Å². The molecular formula is C11H24N2O. The van der Waals surface area contributed by atoms with E-state index in [1.54, 1.807) is 0 Å². The van der Waals surface area contributed by atoms with Crippen LogP contribution in [-0.2, 0) is 0 Å². The van der Waals surface area contributed by atoms with Crippen LogP contribution in [0.1, 0.15) is 20.3 Å². The van der Waals surface area contributed by atoms with Gasteiger partial charge in [0.2, 0.25) is 0 Å². The first kappa shape index (κ1) is 12.0. The van der Waals surface area contributed by atoms with Crippen LogP contribution < -0.4 is 0 Å². The molecule has 3 nitrogen and oxygen atoms in total. The first-order chi connectivity index (χ1) is 6.44. The van der Waals surface area contributed by atoms with Gasteiger partial charge in [0.25, 0.3) is 0 Å². The highest BCUT2D eigenvalue weighted by Gasteiger charge is 2.28. The Labute approximate surface area is 87.7 Å². The Morgan fingerprint density at radius 2 is 2.07 bits per heavy atom. The molecule has 0 aliphatic carbocycles. The minimum absolute atomic E-state index is 0.0429. The summed E-state index contributed by atoms with van der Waals surface area (Å²) in [6.07, 6.45) is 1.26. The lowest BCUT2D eigenvalue weighted by Crippen LogP contribution is -2.37. The first-order valence-corrected chi connectivity index (χ1v) is 5.44. The highest BCUT2D eigenvalue weighted by Crippen LogP contribution is 2.20. The van der Waals surface area contributed by atoms with E-state index < -0.39 is 0 Å². The fourth-order valence-corrected chi connectivity index (χ4v) is 2.03. The summed E-state index contributed by atoms with van der Waals surface area (Å²) in [5.74, 6) is 0. The predicted molar refractivity (Wildman–Crippen MR) is 59.4 cm³/mol. The van der Waals surface area contributed by atoms with Crippen molar-refractivity contribution in [1.29, 1.82) is 0 Å². The van der Waals surface area contributed by atoms with Crippen molar-refractivity contribution < 1.29 is 5.11 Å². The van der Waals surface area contributed by atoms with Crippen molar-refractivity contribution in [2.75, 3.05) is 40.3 Å². The highest BCUT2D eigenvalue weighted by atomic mass is 16.3. The normalized spacial score (nSPS) is 24.9. The van der Waals surface area contributed by atoms with E-state index in [1.165, 1.54) is 13.0 Å². The Morgan fingerprint density at radius 3 is 2.50 bits per heavy atom. The van der Waals surface area contributed by atoms with Gasteiger partial charge in [0.05, 0.1) is 0 Å². The van der Waals surface area contributed by atoms with Gasteiger partial charge in [-0.3, -0.25) is 0 Å². The van der Waals surface area contributed by atoms with Crippen LogP contribution in [-0.4, -0.2) is 61.3 Å². The summed E-state index contributed by atoms with van der Waals surface area (Å²) in [6.45, 7) is 7.85. The van der Waals surface area contributed by atoms with E-state index in [0.717, 1.165) is 13.1 Å². The van der Waals surface area contributed by atoms with Crippen LogP contribution in [0.2, 0.25) is 0 Å². The molecule has 14 heavy (non-hydrogen) atoms. The third-order valence-electron chi connectivity index (χ3n) is 3.06. The van der Waals surface area contributed by atoms with Crippen LogP contribution >= 0.6 is 0 Å². The second-order valence-corrected chi connectivity index (χ2v) is 5.46. The maximum absolute atomic E-state index is 9.19. The standard InChI is InChI=1S/C11H24N2O/c1-11(2,9-14)8-13-6-5-10(7-13)12(3)4/h10,14H,5-9H2,1-4H3. The van der Waals surface area contributed by atoms with Crippen LogP contribution in [0, 0.1) is 5.41 Å². The molecule has 1 unspecified atom stereocenters. The summed E-state index contributed by atoms with van der Waals surface area (Å²) in [7, 11) is 4.29. The molecule has 1 heterocycles. The minimum Gasteiger partial charge on any atom is -0.396 e. The summed E-state index contributed by atoms with van der Waals surface area (Å²) in [5.41, 5.74) is 0.0429. The third-order valence-corrected chi connectivity index (χ3v) is 3.06. The van der Waals surface area contributed by atoms with Gasteiger partial charge >= 0.3 is 0 Å². The van der Waals surface area contributed by atoms with E-state index in [0.29, 0.717) is 6.04 Å².